The van der Waals surface area contributed by atoms with Crippen LogP contribution in [-0.4, -0.2) is 83.7 Å². The lowest BCUT2D eigenvalue weighted by molar-refractivity contribution is -0.944. The quantitative estimate of drug-likeness (QED) is 0.263. The van der Waals surface area contributed by atoms with Gasteiger partial charge < -0.3 is 34.7 Å². The molecule has 8 nitrogen and oxygen atoms in total. The zero-order valence-electron chi connectivity index (χ0n) is 23.0. The number of allylic oxidation sites excluding steroid dienone is 1. The number of likely N-dealkylation sites (N-methyl/N-ethyl adjacent to an activating group) is 1. The Morgan fingerprint density at radius 2 is 1.38 bits per heavy atom. The van der Waals surface area contributed by atoms with Gasteiger partial charge in [0.15, 0.2) is 6.10 Å². The summed E-state index contributed by atoms with van der Waals surface area (Å²) in [4.78, 5) is 11.4. The van der Waals surface area contributed by atoms with E-state index in [1.807, 2.05) is 60.7 Å². The molecule has 0 spiro atoms. The normalized spacial score (nSPS) is 23.8. The summed E-state index contributed by atoms with van der Waals surface area (Å²) < 4.78 is 11.4. The third-order valence-corrected chi connectivity index (χ3v) is 7.43. The molecule has 1 saturated heterocycles. The van der Waals surface area contributed by atoms with Crippen molar-refractivity contribution in [1.82, 2.24) is 0 Å². The maximum atomic E-state index is 11.4. The molecular weight excluding hydrogens is 510 g/mol. The van der Waals surface area contributed by atoms with Gasteiger partial charge in [-0.2, -0.15) is 0 Å². The lowest BCUT2D eigenvalue weighted by Gasteiger charge is -2.47. The average molecular weight is 548 g/mol. The van der Waals surface area contributed by atoms with Crippen LogP contribution in [0, 0.1) is 0 Å². The van der Waals surface area contributed by atoms with Crippen molar-refractivity contribution < 1.29 is 39.2 Å². The van der Waals surface area contributed by atoms with E-state index in [0.717, 1.165) is 23.1 Å². The Morgan fingerprint density at radius 1 is 0.825 bits per heavy atom. The minimum Gasteiger partial charge on any atom is -0.547 e. The Kier molecular flexibility index (Phi) is 9.40. The second-order valence-corrected chi connectivity index (χ2v) is 10.6. The van der Waals surface area contributed by atoms with Crippen molar-refractivity contribution in [3.8, 4) is 5.75 Å². The maximum Gasteiger partial charge on any atom is 0.222 e. The number of benzene rings is 3. The van der Waals surface area contributed by atoms with Crippen molar-refractivity contribution in [3.63, 3.8) is 0 Å². The minimum atomic E-state index is -1.78. The first-order valence-corrected chi connectivity index (χ1v) is 13.4. The highest BCUT2D eigenvalue weighted by Gasteiger charge is 2.50. The summed E-state index contributed by atoms with van der Waals surface area (Å²) in [7, 11) is 3.45. The first kappa shape index (κ1) is 29.5. The summed E-state index contributed by atoms with van der Waals surface area (Å²) in [5, 5.41) is 42.0. The lowest BCUT2D eigenvalue weighted by atomic mass is 9.88. The van der Waals surface area contributed by atoms with Crippen LogP contribution in [0.25, 0.3) is 11.1 Å². The number of quaternary nitrogens is 1. The fourth-order valence-corrected chi connectivity index (χ4v) is 5.16. The maximum absolute atomic E-state index is 11.4. The molecule has 0 aromatic heterocycles. The van der Waals surface area contributed by atoms with Crippen LogP contribution in [0.3, 0.4) is 0 Å². The van der Waals surface area contributed by atoms with E-state index >= 15 is 0 Å². The Balaban J connectivity index is 1.50. The van der Waals surface area contributed by atoms with Crippen LogP contribution < -0.4 is 9.84 Å². The van der Waals surface area contributed by atoms with Gasteiger partial charge in [0.1, 0.15) is 37.2 Å². The van der Waals surface area contributed by atoms with Crippen molar-refractivity contribution in [3.05, 3.63) is 102 Å². The van der Waals surface area contributed by atoms with Crippen LogP contribution in [0.4, 0.5) is 0 Å². The van der Waals surface area contributed by atoms with Crippen LogP contribution in [0.5, 0.6) is 5.75 Å². The highest BCUT2D eigenvalue weighted by molar-refractivity contribution is 5.98. The smallest absolute Gasteiger partial charge is 0.222 e. The zero-order chi connectivity index (χ0) is 28.9. The van der Waals surface area contributed by atoms with Crippen molar-refractivity contribution in [2.75, 3.05) is 27.2 Å². The Morgan fingerprint density at radius 3 is 1.93 bits per heavy atom. The molecule has 212 valence electrons. The Hall–Kier alpha value is -3.53. The number of carboxylic acids is 1. The highest BCUT2D eigenvalue weighted by Crippen LogP contribution is 2.35. The molecule has 2 unspecified atom stereocenters. The van der Waals surface area contributed by atoms with Crippen LogP contribution >= 0.6 is 0 Å². The zero-order valence-corrected chi connectivity index (χ0v) is 23.0. The predicted molar refractivity (Wildman–Crippen MR) is 150 cm³/mol. The molecule has 40 heavy (non-hydrogen) atoms. The van der Waals surface area contributed by atoms with Gasteiger partial charge >= 0.3 is 0 Å². The number of aliphatic carboxylic acids is 1. The number of ether oxygens (including phenoxy) is 2. The van der Waals surface area contributed by atoms with Gasteiger partial charge in [-0.15, -0.1) is 0 Å². The molecule has 5 atom stereocenters. The molecule has 3 aromatic rings. The second kappa shape index (κ2) is 12.8. The van der Waals surface area contributed by atoms with Crippen molar-refractivity contribution in [1.29, 1.82) is 0 Å². The van der Waals surface area contributed by atoms with E-state index < -0.39 is 36.6 Å². The van der Waals surface area contributed by atoms with E-state index in [2.05, 4.69) is 31.2 Å². The number of carbonyl (C=O) groups excluding carboxylic acids is 1. The van der Waals surface area contributed by atoms with Crippen molar-refractivity contribution in [2.24, 2.45) is 0 Å². The third kappa shape index (κ3) is 6.43. The molecule has 1 aliphatic rings. The van der Waals surface area contributed by atoms with E-state index in [0.29, 0.717) is 12.3 Å². The molecule has 0 aliphatic carbocycles. The standard InChI is InChI=1S/C32H37NO7/c1-4-25(21-11-7-5-8-12-21)26(22-13-9-6-10-14-22)23-15-17-24(18-16-23)39-20-19-33(2,3)31-29(36)27(34)28(35)30(40-31)32(37)38/h5-18,27-31,34-36H,4,19-20H2,1-3H3/b26-25+/t27?,28-,29?,30-,31+/m0/s1. The van der Waals surface area contributed by atoms with Gasteiger partial charge in [-0.3, -0.25) is 4.48 Å². The molecule has 8 heteroatoms. The topological polar surface area (TPSA) is 119 Å². The van der Waals surface area contributed by atoms with E-state index in [1.54, 1.807) is 14.1 Å². The predicted octanol–water partition coefficient (Wildman–Crippen LogP) is 2.07. The second-order valence-electron chi connectivity index (χ2n) is 10.6. The van der Waals surface area contributed by atoms with Gasteiger partial charge in [0.25, 0.3) is 0 Å². The largest absolute Gasteiger partial charge is 0.547 e. The van der Waals surface area contributed by atoms with Gasteiger partial charge in [0.2, 0.25) is 6.23 Å². The lowest BCUT2D eigenvalue weighted by Crippen LogP contribution is -2.69. The summed E-state index contributed by atoms with van der Waals surface area (Å²) in [6.07, 6.45) is -6.93. The molecule has 1 fully saturated rings. The van der Waals surface area contributed by atoms with E-state index in [9.17, 15) is 25.2 Å². The first-order chi connectivity index (χ1) is 19.1. The Bertz CT molecular complexity index is 1290. The molecule has 1 heterocycles. The molecule has 4 rings (SSSR count). The summed E-state index contributed by atoms with van der Waals surface area (Å²) in [6.45, 7) is 2.72. The number of carboxylic acid groups (broad SMARTS) is 1. The van der Waals surface area contributed by atoms with Gasteiger partial charge in [0.05, 0.1) is 20.1 Å². The number of aliphatic hydroxyl groups is 3. The number of aliphatic hydroxyl groups excluding tert-OH is 3. The van der Waals surface area contributed by atoms with E-state index in [-0.39, 0.29) is 11.1 Å². The van der Waals surface area contributed by atoms with E-state index in [4.69, 9.17) is 9.47 Å². The molecule has 0 radical (unpaired) electrons. The minimum absolute atomic E-state index is 0.00929. The molecule has 3 N–H and O–H groups in total. The van der Waals surface area contributed by atoms with Gasteiger partial charge in [-0.1, -0.05) is 79.7 Å². The summed E-state index contributed by atoms with van der Waals surface area (Å²) in [5.41, 5.74) is 5.77. The molecule has 0 amide bonds. The summed E-state index contributed by atoms with van der Waals surface area (Å²) in [5.74, 6) is -0.996. The van der Waals surface area contributed by atoms with Crippen LogP contribution in [0.1, 0.15) is 30.0 Å². The number of rotatable bonds is 10. The number of nitrogens with zero attached hydrogens (tertiary/aromatic N) is 1. The fourth-order valence-electron chi connectivity index (χ4n) is 5.16. The monoisotopic (exact) mass is 547 g/mol. The fraction of sp³-hybridized carbons (Fsp3) is 0.344. The first-order valence-electron chi connectivity index (χ1n) is 13.4. The van der Waals surface area contributed by atoms with Crippen LogP contribution in [-0.2, 0) is 9.53 Å². The number of hydrogen-bond acceptors (Lipinski definition) is 7. The van der Waals surface area contributed by atoms with Gasteiger partial charge in [-0.05, 0) is 46.4 Å². The number of hydrogen-bond donors (Lipinski definition) is 3. The van der Waals surface area contributed by atoms with Crippen molar-refractivity contribution >= 4 is 17.1 Å². The van der Waals surface area contributed by atoms with E-state index in [1.165, 1.54) is 11.1 Å². The Labute approximate surface area is 234 Å². The number of carbonyl (C=O) groups is 1. The van der Waals surface area contributed by atoms with Crippen LogP contribution in [0.2, 0.25) is 0 Å². The molecular formula is C32H37NO7. The van der Waals surface area contributed by atoms with Crippen molar-refractivity contribution in [2.45, 2.75) is 44.0 Å². The molecule has 1 aliphatic heterocycles. The average Bonchev–Trinajstić information content (AvgIpc) is 2.95. The van der Waals surface area contributed by atoms with Crippen LogP contribution in [0.15, 0.2) is 84.9 Å². The SMILES string of the molecule is CC/C(=C(/c1ccccc1)c1ccc(OCC[N+](C)(C)[C@@H]2O[C@H](C(=O)[O-])[C@@H](O)C(O)C2O)cc1)c1ccccc1. The summed E-state index contributed by atoms with van der Waals surface area (Å²) in [6, 6.07) is 28.5. The van der Waals surface area contributed by atoms with Gasteiger partial charge in [-0.25, -0.2) is 0 Å². The summed E-state index contributed by atoms with van der Waals surface area (Å²) >= 11 is 0. The third-order valence-electron chi connectivity index (χ3n) is 7.43. The molecule has 3 aromatic carbocycles. The highest BCUT2D eigenvalue weighted by atomic mass is 16.6. The van der Waals surface area contributed by atoms with Gasteiger partial charge in [0, 0.05) is 0 Å². The molecule has 0 bridgehead atoms. The molecule has 0 saturated carbocycles.